The van der Waals surface area contributed by atoms with Crippen LogP contribution in [0.4, 0.5) is 0 Å². The molecule has 2 rings (SSSR count). The van der Waals surface area contributed by atoms with Gasteiger partial charge in [-0.05, 0) is 58.8 Å². The van der Waals surface area contributed by atoms with E-state index < -0.39 is 0 Å². The minimum atomic E-state index is 0.848. The van der Waals surface area contributed by atoms with E-state index in [0.29, 0.717) is 0 Å². The highest BCUT2D eigenvalue weighted by Gasteiger charge is 2.17. The second-order valence-electron chi connectivity index (χ2n) is 5.42. The van der Waals surface area contributed by atoms with Gasteiger partial charge in [0.15, 0.2) is 0 Å². The van der Waals surface area contributed by atoms with Crippen LogP contribution in [0, 0.1) is 19.8 Å². The van der Waals surface area contributed by atoms with Gasteiger partial charge in [0.05, 0.1) is 5.69 Å². The Hall–Kier alpha value is -0.870. The summed E-state index contributed by atoms with van der Waals surface area (Å²) < 4.78 is 0. The number of aromatic amines is 1. The quantitative estimate of drug-likeness (QED) is 0.838. The molecule has 1 saturated heterocycles. The predicted octanol–water partition coefficient (Wildman–Crippen LogP) is 1.85. The third kappa shape index (κ3) is 3.33. The maximum absolute atomic E-state index is 4.23. The zero-order valence-corrected chi connectivity index (χ0v) is 11.9. The van der Waals surface area contributed by atoms with Crippen molar-refractivity contribution in [3.63, 3.8) is 0 Å². The van der Waals surface area contributed by atoms with Crippen molar-refractivity contribution in [3.05, 3.63) is 17.0 Å². The molecule has 1 aromatic rings. The first-order valence-electron chi connectivity index (χ1n) is 7.14. The number of aromatic nitrogens is 2. The first-order chi connectivity index (χ1) is 8.70. The molecule has 0 radical (unpaired) electrons. The van der Waals surface area contributed by atoms with Gasteiger partial charge in [-0.1, -0.05) is 6.92 Å². The number of likely N-dealkylation sites (tertiary alicyclic amines) is 1. The first kappa shape index (κ1) is 13.6. The van der Waals surface area contributed by atoms with Crippen LogP contribution in [-0.2, 0) is 6.54 Å². The van der Waals surface area contributed by atoms with Crippen LogP contribution in [0.5, 0.6) is 0 Å². The van der Waals surface area contributed by atoms with Crippen LogP contribution in [-0.4, -0.2) is 41.3 Å². The van der Waals surface area contributed by atoms with E-state index in [0.717, 1.165) is 24.7 Å². The minimum absolute atomic E-state index is 0.848. The minimum Gasteiger partial charge on any atom is -0.312 e. The van der Waals surface area contributed by atoms with Gasteiger partial charge in [-0.2, -0.15) is 5.10 Å². The number of piperidine rings is 1. The highest BCUT2D eigenvalue weighted by molar-refractivity contribution is 5.22. The van der Waals surface area contributed by atoms with Crippen LogP contribution in [0.3, 0.4) is 0 Å². The molecule has 2 heterocycles. The number of nitrogens with one attached hydrogen (secondary N) is 2. The molecule has 1 fully saturated rings. The van der Waals surface area contributed by atoms with Crippen molar-refractivity contribution in [1.82, 2.24) is 20.4 Å². The second-order valence-corrected chi connectivity index (χ2v) is 5.42. The molecule has 1 aliphatic heterocycles. The number of hydrogen-bond donors (Lipinski definition) is 2. The lowest BCUT2D eigenvalue weighted by molar-refractivity contribution is 0.190. The van der Waals surface area contributed by atoms with Crippen LogP contribution in [0.1, 0.15) is 36.7 Å². The summed E-state index contributed by atoms with van der Waals surface area (Å²) >= 11 is 0. The van der Waals surface area contributed by atoms with E-state index in [9.17, 15) is 0 Å². The summed E-state index contributed by atoms with van der Waals surface area (Å²) in [4.78, 5) is 2.54. The zero-order valence-electron chi connectivity index (χ0n) is 11.9. The summed E-state index contributed by atoms with van der Waals surface area (Å²) in [6, 6.07) is 0. The van der Waals surface area contributed by atoms with Crippen LogP contribution < -0.4 is 5.32 Å². The summed E-state index contributed by atoms with van der Waals surface area (Å²) in [6.07, 6.45) is 2.67. The van der Waals surface area contributed by atoms with Crippen molar-refractivity contribution in [2.24, 2.45) is 5.92 Å². The Morgan fingerprint density at radius 2 is 2.06 bits per heavy atom. The Morgan fingerprint density at radius 3 is 2.61 bits per heavy atom. The molecular formula is C14H26N4. The molecule has 0 aromatic carbocycles. The molecule has 1 aliphatic rings. The SMILES string of the molecule is CCN1CCC(CNCc2c(C)n[nH]c2C)CC1. The van der Waals surface area contributed by atoms with E-state index in [1.54, 1.807) is 0 Å². The van der Waals surface area contributed by atoms with Crippen molar-refractivity contribution in [2.75, 3.05) is 26.2 Å². The molecule has 0 spiro atoms. The van der Waals surface area contributed by atoms with Gasteiger partial charge < -0.3 is 10.2 Å². The maximum atomic E-state index is 4.23. The van der Waals surface area contributed by atoms with Gasteiger partial charge in [0.25, 0.3) is 0 Å². The third-order valence-corrected chi connectivity index (χ3v) is 4.17. The van der Waals surface area contributed by atoms with Crippen molar-refractivity contribution in [3.8, 4) is 0 Å². The Kier molecular flexibility index (Phi) is 4.78. The Labute approximate surface area is 110 Å². The number of nitrogens with zero attached hydrogens (tertiary/aromatic N) is 2. The standard InChI is InChI=1S/C14H26N4/c1-4-18-7-5-13(6-8-18)9-15-10-14-11(2)16-17-12(14)3/h13,15H,4-10H2,1-3H3,(H,16,17). The molecule has 1 aromatic heterocycles. The largest absolute Gasteiger partial charge is 0.312 e. The molecule has 0 saturated carbocycles. The number of H-pyrrole nitrogens is 1. The molecular weight excluding hydrogens is 224 g/mol. The van der Waals surface area contributed by atoms with Crippen LogP contribution in [0.15, 0.2) is 0 Å². The Balaban J connectivity index is 1.70. The highest BCUT2D eigenvalue weighted by Crippen LogP contribution is 2.16. The molecule has 0 amide bonds. The molecule has 18 heavy (non-hydrogen) atoms. The summed E-state index contributed by atoms with van der Waals surface area (Å²) in [5.74, 6) is 0.848. The Morgan fingerprint density at radius 1 is 1.33 bits per heavy atom. The van der Waals surface area contributed by atoms with E-state index in [4.69, 9.17) is 0 Å². The first-order valence-corrected chi connectivity index (χ1v) is 7.14. The van der Waals surface area contributed by atoms with Gasteiger partial charge in [-0.3, -0.25) is 5.10 Å². The fourth-order valence-corrected chi connectivity index (χ4v) is 2.74. The lowest BCUT2D eigenvalue weighted by Crippen LogP contribution is -2.37. The summed E-state index contributed by atoms with van der Waals surface area (Å²) in [6.45, 7) is 12.2. The lowest BCUT2D eigenvalue weighted by Gasteiger charge is -2.31. The van der Waals surface area contributed by atoms with Crippen LogP contribution in [0.25, 0.3) is 0 Å². The van der Waals surface area contributed by atoms with E-state index in [-0.39, 0.29) is 0 Å². The molecule has 0 aliphatic carbocycles. The number of hydrogen-bond acceptors (Lipinski definition) is 3. The predicted molar refractivity (Wildman–Crippen MR) is 74.6 cm³/mol. The van der Waals surface area contributed by atoms with E-state index >= 15 is 0 Å². The fourth-order valence-electron chi connectivity index (χ4n) is 2.74. The highest BCUT2D eigenvalue weighted by atomic mass is 15.1. The van der Waals surface area contributed by atoms with Crippen molar-refractivity contribution in [2.45, 2.75) is 40.2 Å². The fraction of sp³-hybridized carbons (Fsp3) is 0.786. The maximum Gasteiger partial charge on any atom is 0.0638 e. The van der Waals surface area contributed by atoms with E-state index in [1.807, 2.05) is 0 Å². The zero-order chi connectivity index (χ0) is 13.0. The van der Waals surface area contributed by atoms with Gasteiger partial charge in [0.2, 0.25) is 0 Å². The van der Waals surface area contributed by atoms with Gasteiger partial charge in [0.1, 0.15) is 0 Å². The summed E-state index contributed by atoms with van der Waals surface area (Å²) in [5, 5.41) is 10.9. The second kappa shape index (κ2) is 6.34. The molecule has 2 N–H and O–H groups in total. The molecule has 4 heteroatoms. The van der Waals surface area contributed by atoms with Gasteiger partial charge in [0, 0.05) is 17.8 Å². The average Bonchev–Trinajstić information content (AvgIpc) is 2.71. The smallest absolute Gasteiger partial charge is 0.0638 e. The number of aryl methyl sites for hydroxylation is 2. The topological polar surface area (TPSA) is 44.0 Å². The third-order valence-electron chi connectivity index (χ3n) is 4.17. The normalized spacial score (nSPS) is 18.4. The Bertz CT molecular complexity index is 344. The summed E-state index contributed by atoms with van der Waals surface area (Å²) in [5.41, 5.74) is 3.66. The average molecular weight is 250 g/mol. The molecule has 102 valence electrons. The van der Waals surface area contributed by atoms with Crippen molar-refractivity contribution < 1.29 is 0 Å². The van der Waals surface area contributed by atoms with Crippen molar-refractivity contribution in [1.29, 1.82) is 0 Å². The molecule has 0 unspecified atom stereocenters. The van der Waals surface area contributed by atoms with E-state index in [1.165, 1.54) is 43.7 Å². The van der Waals surface area contributed by atoms with Crippen LogP contribution in [0.2, 0.25) is 0 Å². The van der Waals surface area contributed by atoms with Gasteiger partial charge in [-0.25, -0.2) is 0 Å². The molecule has 0 bridgehead atoms. The van der Waals surface area contributed by atoms with Gasteiger partial charge in [-0.15, -0.1) is 0 Å². The number of rotatable bonds is 5. The summed E-state index contributed by atoms with van der Waals surface area (Å²) in [7, 11) is 0. The van der Waals surface area contributed by atoms with Crippen molar-refractivity contribution >= 4 is 0 Å². The van der Waals surface area contributed by atoms with E-state index in [2.05, 4.69) is 41.2 Å². The van der Waals surface area contributed by atoms with Gasteiger partial charge >= 0.3 is 0 Å². The lowest BCUT2D eigenvalue weighted by atomic mass is 9.97. The molecule has 4 nitrogen and oxygen atoms in total. The monoisotopic (exact) mass is 250 g/mol. The molecule has 0 atom stereocenters. The van der Waals surface area contributed by atoms with Crippen LogP contribution >= 0.6 is 0 Å².